The molecule has 0 amide bonds. The minimum Gasteiger partial charge on any atom is -0.265 e. The topological polar surface area (TPSA) is 38.7 Å². The van der Waals surface area contributed by atoms with Crippen LogP contribution in [0.5, 0.6) is 0 Å². The maximum absolute atomic E-state index is 4.22. The van der Waals surface area contributed by atoms with Gasteiger partial charge in [0.05, 0.1) is 0 Å². The molecule has 3 aromatic heterocycles. The van der Waals surface area contributed by atoms with Crippen molar-refractivity contribution in [1.82, 2.24) is 15.2 Å². The van der Waals surface area contributed by atoms with Gasteiger partial charge in [-0.2, -0.15) is 0 Å². The molecule has 0 radical (unpaired) electrons. The van der Waals surface area contributed by atoms with Gasteiger partial charge in [-0.25, -0.2) is 0 Å². The van der Waals surface area contributed by atoms with Gasteiger partial charge in [0.15, 0.2) is 0 Å². The molecule has 5 heteroatoms. The molecule has 17 heavy (non-hydrogen) atoms. The van der Waals surface area contributed by atoms with Crippen molar-refractivity contribution < 1.29 is 0 Å². The highest BCUT2D eigenvalue weighted by molar-refractivity contribution is 7.15. The number of aromatic nitrogens is 3. The first kappa shape index (κ1) is 10.6. The second-order valence-corrected chi connectivity index (χ2v) is 5.59. The second kappa shape index (κ2) is 4.73. The summed E-state index contributed by atoms with van der Waals surface area (Å²) in [4.78, 5) is 5.32. The van der Waals surface area contributed by atoms with Gasteiger partial charge in [-0.1, -0.05) is 17.4 Å². The average molecular weight is 259 g/mol. The first-order chi connectivity index (χ1) is 8.42. The van der Waals surface area contributed by atoms with Gasteiger partial charge >= 0.3 is 0 Å². The van der Waals surface area contributed by atoms with Gasteiger partial charge in [-0.05, 0) is 23.6 Å². The van der Waals surface area contributed by atoms with Crippen LogP contribution < -0.4 is 0 Å². The lowest BCUT2D eigenvalue weighted by Crippen LogP contribution is -1.82. The summed E-state index contributed by atoms with van der Waals surface area (Å²) in [5, 5.41) is 12.5. The summed E-state index contributed by atoms with van der Waals surface area (Å²) in [5.41, 5.74) is 1.08. The first-order valence-electron chi connectivity index (χ1n) is 5.17. The van der Waals surface area contributed by atoms with E-state index in [0.717, 1.165) is 22.0 Å². The number of hydrogen-bond acceptors (Lipinski definition) is 5. The summed E-state index contributed by atoms with van der Waals surface area (Å²) >= 11 is 3.39. The molecule has 3 rings (SSSR count). The van der Waals surface area contributed by atoms with Crippen molar-refractivity contribution in [2.45, 2.75) is 6.42 Å². The molecule has 0 saturated carbocycles. The van der Waals surface area contributed by atoms with Crippen LogP contribution in [-0.2, 0) is 6.42 Å². The van der Waals surface area contributed by atoms with Crippen molar-refractivity contribution in [1.29, 1.82) is 0 Å². The molecule has 0 aromatic carbocycles. The van der Waals surface area contributed by atoms with E-state index in [4.69, 9.17) is 0 Å². The largest absolute Gasteiger partial charge is 0.265 e. The zero-order valence-electron chi connectivity index (χ0n) is 8.91. The fraction of sp³-hybridized carbons (Fsp3) is 0.0833. The molecule has 0 N–H and O–H groups in total. The van der Waals surface area contributed by atoms with Crippen molar-refractivity contribution >= 4 is 22.7 Å². The van der Waals surface area contributed by atoms with Crippen molar-refractivity contribution in [3.8, 4) is 10.6 Å². The highest BCUT2D eigenvalue weighted by Gasteiger charge is 2.07. The maximum Gasteiger partial charge on any atom is 0.147 e. The van der Waals surface area contributed by atoms with Crippen LogP contribution in [0.25, 0.3) is 10.6 Å². The van der Waals surface area contributed by atoms with E-state index in [1.165, 1.54) is 4.88 Å². The molecule has 3 nitrogen and oxygen atoms in total. The molecular formula is C12H9N3S2. The molecular weight excluding hydrogens is 250 g/mol. The van der Waals surface area contributed by atoms with Crippen molar-refractivity contribution in [2.75, 3.05) is 0 Å². The van der Waals surface area contributed by atoms with Gasteiger partial charge in [-0.15, -0.1) is 21.5 Å². The molecule has 0 spiro atoms. The molecule has 3 heterocycles. The Morgan fingerprint density at radius 1 is 1.06 bits per heavy atom. The summed E-state index contributed by atoms with van der Waals surface area (Å²) in [6, 6.07) is 8.09. The van der Waals surface area contributed by atoms with E-state index >= 15 is 0 Å². The summed E-state index contributed by atoms with van der Waals surface area (Å²) in [7, 11) is 0. The predicted octanol–water partition coefficient (Wildman–Crippen LogP) is 3.25. The van der Waals surface area contributed by atoms with Gasteiger partial charge in [0, 0.05) is 29.3 Å². The highest BCUT2D eigenvalue weighted by Crippen LogP contribution is 2.25. The Bertz CT molecular complexity index is 587. The molecule has 0 aliphatic heterocycles. The zero-order chi connectivity index (χ0) is 11.5. The number of rotatable bonds is 3. The number of thiophene rings is 1. The minimum atomic E-state index is 0.875. The van der Waals surface area contributed by atoms with Gasteiger partial charge in [0.1, 0.15) is 10.0 Å². The number of hydrogen-bond donors (Lipinski definition) is 0. The Morgan fingerprint density at radius 3 is 2.71 bits per heavy atom. The fourth-order valence-electron chi connectivity index (χ4n) is 1.50. The Morgan fingerprint density at radius 2 is 1.94 bits per heavy atom. The van der Waals surface area contributed by atoms with E-state index in [2.05, 4.69) is 32.7 Å². The molecule has 0 atom stereocenters. The number of nitrogens with zero attached hydrogens (tertiary/aromatic N) is 3. The molecule has 0 bridgehead atoms. The van der Waals surface area contributed by atoms with Gasteiger partial charge in [0.25, 0.3) is 0 Å². The van der Waals surface area contributed by atoms with E-state index in [9.17, 15) is 0 Å². The first-order valence-corrected chi connectivity index (χ1v) is 6.86. The summed E-state index contributed by atoms with van der Waals surface area (Å²) in [6.45, 7) is 0. The van der Waals surface area contributed by atoms with Crippen LogP contribution in [0.15, 0.2) is 42.0 Å². The number of pyridine rings is 1. The van der Waals surface area contributed by atoms with Crippen molar-refractivity contribution in [3.63, 3.8) is 0 Å². The molecule has 3 aromatic rings. The SMILES string of the molecule is c1csc(Cc2nnc(-c3ccncc3)s2)c1. The fourth-order valence-corrected chi connectivity index (χ4v) is 3.17. The minimum absolute atomic E-state index is 0.875. The standard InChI is InChI=1S/C12H9N3S2/c1-2-10(16-7-1)8-11-14-15-12(17-11)9-3-5-13-6-4-9/h1-7H,8H2. The van der Waals surface area contributed by atoms with Crippen LogP contribution in [0.1, 0.15) is 9.88 Å². The monoisotopic (exact) mass is 259 g/mol. The van der Waals surface area contributed by atoms with Crippen LogP contribution in [0.2, 0.25) is 0 Å². The predicted molar refractivity (Wildman–Crippen MR) is 70.3 cm³/mol. The normalized spacial score (nSPS) is 10.6. The summed E-state index contributed by atoms with van der Waals surface area (Å²) < 4.78 is 0. The molecule has 84 valence electrons. The third kappa shape index (κ3) is 2.40. The van der Waals surface area contributed by atoms with Gasteiger partial charge in [0.2, 0.25) is 0 Å². The quantitative estimate of drug-likeness (QED) is 0.724. The molecule has 0 aliphatic rings. The van der Waals surface area contributed by atoms with E-state index < -0.39 is 0 Å². The zero-order valence-corrected chi connectivity index (χ0v) is 10.5. The van der Waals surface area contributed by atoms with E-state index in [1.54, 1.807) is 35.1 Å². The Balaban J connectivity index is 1.84. The van der Waals surface area contributed by atoms with Crippen molar-refractivity contribution in [2.24, 2.45) is 0 Å². The van der Waals surface area contributed by atoms with E-state index in [0.29, 0.717) is 0 Å². The van der Waals surface area contributed by atoms with Crippen LogP contribution in [0, 0.1) is 0 Å². The van der Waals surface area contributed by atoms with Gasteiger partial charge < -0.3 is 0 Å². The smallest absolute Gasteiger partial charge is 0.147 e. The summed E-state index contributed by atoms with van der Waals surface area (Å²) in [6.07, 6.45) is 4.42. The summed E-state index contributed by atoms with van der Waals surface area (Å²) in [5.74, 6) is 0. The van der Waals surface area contributed by atoms with Crippen LogP contribution in [0.4, 0.5) is 0 Å². The Hall–Kier alpha value is -1.59. The van der Waals surface area contributed by atoms with Gasteiger partial charge in [-0.3, -0.25) is 4.98 Å². The Labute approximate surface area is 107 Å². The second-order valence-electron chi connectivity index (χ2n) is 3.49. The van der Waals surface area contributed by atoms with Crippen LogP contribution in [-0.4, -0.2) is 15.2 Å². The van der Waals surface area contributed by atoms with E-state index in [-0.39, 0.29) is 0 Å². The molecule has 0 aliphatic carbocycles. The third-order valence-electron chi connectivity index (χ3n) is 2.30. The molecule has 0 unspecified atom stereocenters. The third-order valence-corrected chi connectivity index (χ3v) is 4.15. The molecule has 0 fully saturated rings. The Kier molecular flexibility index (Phi) is 2.94. The van der Waals surface area contributed by atoms with Crippen LogP contribution >= 0.6 is 22.7 Å². The van der Waals surface area contributed by atoms with E-state index in [1.807, 2.05) is 12.1 Å². The highest BCUT2D eigenvalue weighted by atomic mass is 32.1. The van der Waals surface area contributed by atoms with Crippen molar-refractivity contribution in [3.05, 3.63) is 51.9 Å². The average Bonchev–Trinajstić information content (AvgIpc) is 3.02. The lowest BCUT2D eigenvalue weighted by Gasteiger charge is -1.91. The van der Waals surface area contributed by atoms with Crippen LogP contribution in [0.3, 0.4) is 0 Å². The maximum atomic E-state index is 4.22. The lowest BCUT2D eigenvalue weighted by molar-refractivity contribution is 1.01. The lowest BCUT2D eigenvalue weighted by atomic mass is 10.3. The molecule has 0 saturated heterocycles.